The average Bonchev–Trinajstić information content (AvgIpc) is 1.60. The van der Waals surface area contributed by atoms with Crippen LogP contribution in [0.3, 0.4) is 0 Å². The first-order valence-corrected chi connectivity index (χ1v) is 43.8. The summed E-state index contributed by atoms with van der Waals surface area (Å²) in [7, 11) is -1.58. The number of aryl methyl sites for hydroxylation is 3. The van der Waals surface area contributed by atoms with Gasteiger partial charge in [0.05, 0.1) is 103 Å². The number of anilines is 3. The number of amides is 2. The van der Waals surface area contributed by atoms with Crippen LogP contribution in [0.25, 0.3) is 11.3 Å². The van der Waals surface area contributed by atoms with E-state index in [9.17, 15) is 58.3 Å². The summed E-state index contributed by atoms with van der Waals surface area (Å²) in [4.78, 5) is 69.1. The summed E-state index contributed by atoms with van der Waals surface area (Å²) in [6, 6.07) is 19.7. The maximum atomic E-state index is 13.7. The average molecular weight is 2190 g/mol. The van der Waals surface area contributed by atoms with E-state index in [1.165, 1.54) is 111 Å². The topological polar surface area (TPSA) is 333 Å². The molecule has 0 radical (unpaired) electrons. The van der Waals surface area contributed by atoms with Crippen LogP contribution in [0.4, 0.5) is 61.4 Å². The number of nitrogens with zero attached hydrogens (tertiary/aromatic N) is 7. The van der Waals surface area contributed by atoms with Crippen LogP contribution >= 0.6 is 106 Å². The van der Waals surface area contributed by atoms with Gasteiger partial charge in [0.15, 0.2) is 46.1 Å². The van der Waals surface area contributed by atoms with Gasteiger partial charge >= 0.3 is 92.8 Å². The Labute approximate surface area is 856 Å². The van der Waals surface area contributed by atoms with E-state index >= 15 is 0 Å². The Morgan fingerprint density at radius 3 is 1.13 bits per heavy atom. The number of carboxylic acids is 1. The molecule has 2 amide bonds. The van der Waals surface area contributed by atoms with Crippen LogP contribution in [-0.2, 0) is 32.7 Å². The zero-order valence-electron chi connectivity index (χ0n) is 76.1. The number of alkyl halides is 8. The van der Waals surface area contributed by atoms with Crippen molar-refractivity contribution in [3.8, 4) is 45.8 Å². The van der Waals surface area contributed by atoms with Crippen molar-refractivity contribution in [1.82, 2.24) is 34.8 Å². The maximum absolute atomic E-state index is 13.7. The molecule has 714 valence electrons. The van der Waals surface area contributed by atoms with Gasteiger partial charge in [-0.05, 0) is 269 Å². The molecule has 4 N–H and O–H groups in total. The van der Waals surface area contributed by atoms with Gasteiger partial charge in [-0.15, -0.1) is 49.5 Å². The Balaban J connectivity index is 0.000000326. The second kappa shape index (κ2) is 49.5. The molecule has 0 spiro atoms. The molecule has 3 fully saturated rings. The molecule has 15 rings (SSSR count). The Morgan fingerprint density at radius 1 is 0.466 bits per heavy atom. The standard InChI is InChI=1S/C19H11F4N3O3.C14H17BF2O4.C12H24B2O4.C11H6BrClFN3O.C8H5BrF2O2.C7H3Cl2FO.C6H15N.C4H4BrN3.C2H4O2.CH2Cl2.K/c1-9-5-14-15(29-19(22,23)28-14)6-10(9)13-7-25-16(8-24-13)26-18(27)17-11(20)3-2-4-12(17)21;1-8-6-10-11(19-14(16,17)18-10)7-9(8)15-20-12(2,3)13(4,5)21-15;1-9(2)10(3,4)16-13(15-9)14-17-11(5,6)12(7,8)18-14;12-8-4-16-9(5-15-8)17-11(18)10-6(13)2-1-3-7(10)14;1-4-2-6-7(3-5(4)9)13-8(10,11)12-6;8-4-2-1-3-5(10)6(4)7(9)11;1-4-7(5-2)6-3;5-3-1-8-4(6)2-7-3;1-2(3)4;2-1-3;/h2-8H,1H3,(H,25,26,27);6-7H,1-5H3;1-8H3;1-5H,(H,16,17,18);2-3H,1H3;1-3H;4-6H2,1-3H3;1-2H,(H2,6,8);1H3,(H,3,4);1H2;/q;;;;;;;;;;+1. The van der Waals surface area contributed by atoms with Gasteiger partial charge in [-0.1, -0.05) is 78.1 Å². The molecule has 0 bridgehead atoms. The van der Waals surface area contributed by atoms with E-state index in [2.05, 4.69) is 142 Å². The monoisotopic (exact) mass is 2190 g/mol. The molecule has 133 heavy (non-hydrogen) atoms. The number of halogens is 18. The number of carbonyl (C=O) groups is 4. The molecule has 9 heterocycles. The van der Waals surface area contributed by atoms with Crippen LogP contribution in [0, 0.1) is 44.0 Å². The van der Waals surface area contributed by atoms with Crippen molar-refractivity contribution < 1.29 is 177 Å². The predicted octanol–water partition coefficient (Wildman–Crippen LogP) is 17.9. The number of nitrogens with two attached hydrogens (primary N) is 1. The molecule has 0 saturated carbocycles. The molecular formula is C84H91B3Br3Cl5F10KN10O17+. The Kier molecular flexibility index (Phi) is 43.4. The quantitative estimate of drug-likeness (QED) is 0.0469. The van der Waals surface area contributed by atoms with Crippen LogP contribution in [0.1, 0.15) is 160 Å². The van der Waals surface area contributed by atoms with Crippen LogP contribution in [-0.4, -0.2) is 156 Å². The van der Waals surface area contributed by atoms with E-state index in [4.69, 9.17) is 102 Å². The second-order valence-corrected chi connectivity index (χ2v) is 35.6. The van der Waals surface area contributed by atoms with E-state index in [-0.39, 0.29) is 148 Å². The molecule has 0 unspecified atom stereocenters. The summed E-state index contributed by atoms with van der Waals surface area (Å²) in [5.41, 5.74) is 5.13. The minimum absolute atomic E-state index is 0. The molecule has 27 nitrogen and oxygen atoms in total. The summed E-state index contributed by atoms with van der Waals surface area (Å²) in [6.07, 6.45) is -2.65. The molecule has 6 aliphatic heterocycles. The fourth-order valence-corrected chi connectivity index (χ4v) is 12.6. The number of hydrogen-bond donors (Lipinski definition) is 3. The number of nitrogens with one attached hydrogen (secondary N) is 2. The molecular weight excluding hydrogens is 2100 g/mol. The number of nitrogen functional groups attached to an aromatic ring is 1. The van der Waals surface area contributed by atoms with Gasteiger partial charge in [0.25, 0.3) is 17.1 Å². The Morgan fingerprint density at radius 2 is 0.789 bits per heavy atom. The minimum atomic E-state index is -3.74. The third-order valence-electron chi connectivity index (χ3n) is 20.0. The van der Waals surface area contributed by atoms with Crippen molar-refractivity contribution in [2.75, 3.05) is 41.3 Å². The van der Waals surface area contributed by atoms with Crippen molar-refractivity contribution in [2.45, 2.75) is 184 Å². The van der Waals surface area contributed by atoms with E-state index in [0.29, 0.717) is 41.8 Å². The van der Waals surface area contributed by atoms with Crippen molar-refractivity contribution in [3.63, 3.8) is 0 Å². The van der Waals surface area contributed by atoms with Gasteiger partial charge in [0.1, 0.15) is 43.9 Å². The van der Waals surface area contributed by atoms with E-state index in [0.717, 1.165) is 48.4 Å². The van der Waals surface area contributed by atoms with Crippen LogP contribution < -0.4 is 107 Å². The summed E-state index contributed by atoms with van der Waals surface area (Å²) in [6.45, 7) is 40.3. The summed E-state index contributed by atoms with van der Waals surface area (Å²) >= 11 is 35.3. The van der Waals surface area contributed by atoms with E-state index in [1.807, 2.05) is 83.1 Å². The van der Waals surface area contributed by atoms with Crippen molar-refractivity contribution in [1.29, 1.82) is 0 Å². The first-order valence-electron chi connectivity index (χ1n) is 39.2. The van der Waals surface area contributed by atoms with Gasteiger partial charge in [0.2, 0.25) is 0 Å². The van der Waals surface area contributed by atoms with E-state index < -0.39 is 103 Å². The van der Waals surface area contributed by atoms with Crippen molar-refractivity contribution >= 4 is 173 Å². The SMILES string of the molecule is CC(=O)[O-].CC1(C)OB(B2OC(C)(C)C(C)(C)O2)OC1(C)C.CCN(CC)CC.Cc1cc2c(cc1-c1cnc(NC(=O)c3c(F)cccc3F)cn1)OC(F)(F)O2.Cc1cc2c(cc1B1OC(C)(C)C(C)(C)O1)OC(F)(F)O2.Cc1cc2c(cc1Br)OC(F)(F)O2.ClCCl.Nc1cnc(Br)cn1.O=C(Cl)c1c(F)cccc1Cl.O=C(Nc1cnc(Br)cn1)c1c(F)cccc1Cl.[H+].[K+]. The van der Waals surface area contributed by atoms with E-state index in [1.54, 1.807) is 27.0 Å². The normalized spacial score (nSPS) is 16.5. The molecule has 3 saturated heterocycles. The molecule has 49 heteroatoms. The second-order valence-electron chi connectivity index (χ2n) is 31.1. The van der Waals surface area contributed by atoms with Gasteiger partial charge in [-0.3, -0.25) is 19.4 Å². The summed E-state index contributed by atoms with van der Waals surface area (Å²) in [5.74, 6) is -5.69. The van der Waals surface area contributed by atoms with Gasteiger partial charge < -0.3 is 87.5 Å². The van der Waals surface area contributed by atoms with Crippen molar-refractivity contribution in [2.24, 2.45) is 0 Å². The van der Waals surface area contributed by atoms with Gasteiger partial charge in [0, 0.05) is 16.0 Å². The molecule has 0 atom stereocenters. The number of benzene rings is 6. The maximum Gasteiger partial charge on any atom is 1.00 e. The Hall–Kier alpha value is -7.02. The number of ether oxygens (including phenoxy) is 6. The summed E-state index contributed by atoms with van der Waals surface area (Å²) in [5, 5.41) is 12.9. The third kappa shape index (κ3) is 33.4. The van der Waals surface area contributed by atoms with Crippen LogP contribution in [0.2, 0.25) is 10.0 Å². The third-order valence-corrected chi connectivity index (χ3v) is 22.5. The molecule has 6 aliphatic rings. The number of aliphatic carboxylic acids is 1. The molecule has 9 aromatic rings. The fraction of sp³-hybridized carbons (Fsp3) is 0.381. The first kappa shape index (κ1) is 116. The number of carboxylic acid groups (broad SMARTS) is 1. The summed E-state index contributed by atoms with van der Waals surface area (Å²) < 4.78 is 195. The van der Waals surface area contributed by atoms with Gasteiger partial charge in [-0.2, -0.15) is 0 Å². The molecule has 6 aromatic carbocycles. The van der Waals surface area contributed by atoms with Crippen LogP contribution in [0.5, 0.6) is 34.5 Å². The molecule has 3 aromatic heterocycles. The number of fused-ring (bicyclic) bond motifs is 3. The minimum Gasteiger partial charge on any atom is -0.550 e. The number of rotatable bonds is 11. The smallest absolute Gasteiger partial charge is 0.550 e. The number of carbonyl (C=O) groups excluding carboxylic acids is 4. The van der Waals surface area contributed by atoms with Crippen LogP contribution in [0.15, 0.2) is 142 Å². The zero-order chi connectivity index (χ0) is 99.5. The largest absolute Gasteiger partial charge is 1.00 e. The first-order chi connectivity index (χ1) is 61.1. The van der Waals surface area contributed by atoms with Crippen molar-refractivity contribution in [3.05, 3.63) is 209 Å². The molecule has 0 aliphatic carbocycles. The number of hydrogen-bond acceptors (Lipinski definition) is 25. The fourth-order valence-electron chi connectivity index (χ4n) is 11.2. The number of aromatic nitrogens is 6. The van der Waals surface area contributed by atoms with Gasteiger partial charge in [-0.25, -0.2) is 42.5 Å². The predicted molar refractivity (Wildman–Crippen MR) is 490 cm³/mol. The Bertz CT molecular complexity index is 5310. The zero-order valence-corrected chi connectivity index (χ0v) is 86.8.